The smallest absolute Gasteiger partial charge is 0.267 e. The number of benzene rings is 1. The Bertz CT molecular complexity index is 350. The Morgan fingerprint density at radius 1 is 1.50 bits per heavy atom. The monoisotopic (exact) mass is 195 g/mol. The minimum absolute atomic E-state index is 0.0168. The molecular weight excluding hydrogens is 182 g/mol. The summed E-state index contributed by atoms with van der Waals surface area (Å²) in [6.07, 6.45) is 0. The number of aromatic hydroxyl groups is 1. The lowest BCUT2D eigenvalue weighted by atomic mass is 10.1. The second kappa shape index (κ2) is 3.97. The number of phenolic OH excluding ortho intramolecular Hbond substituents is 1. The molecule has 5 heteroatoms. The molecule has 0 saturated heterocycles. The predicted octanol–water partition coefficient (Wildman–Crippen LogP) is 0.181. The average molecular weight is 195 g/mol. The fraction of sp³-hybridized carbons (Fsp3) is 0.222. The van der Waals surface area contributed by atoms with Crippen molar-refractivity contribution in [1.29, 1.82) is 0 Å². The Morgan fingerprint density at radius 3 is 2.71 bits per heavy atom. The molecule has 0 bridgehead atoms. The molecule has 1 aromatic rings. The van der Waals surface area contributed by atoms with Gasteiger partial charge in [-0.05, 0) is 18.2 Å². The first-order valence-corrected chi connectivity index (χ1v) is 4.07. The van der Waals surface area contributed by atoms with E-state index < -0.39 is 0 Å². The molecule has 0 spiro atoms. The van der Waals surface area contributed by atoms with Gasteiger partial charge < -0.3 is 10.8 Å². The van der Waals surface area contributed by atoms with Crippen molar-refractivity contribution in [3.8, 4) is 5.75 Å². The van der Waals surface area contributed by atoms with Crippen LogP contribution in [0.25, 0.3) is 0 Å². The minimum atomic E-state index is -0.344. The summed E-state index contributed by atoms with van der Waals surface area (Å²) in [7, 11) is 3.38. The number of carbonyl (C=O) groups is 1. The Kier molecular flexibility index (Phi) is 2.93. The van der Waals surface area contributed by atoms with E-state index in [4.69, 9.17) is 5.73 Å². The van der Waals surface area contributed by atoms with Gasteiger partial charge in [0.2, 0.25) is 0 Å². The zero-order valence-electron chi connectivity index (χ0n) is 8.11. The second-order valence-corrected chi connectivity index (χ2v) is 3.11. The number of carbonyl (C=O) groups excluding carboxylic acids is 1. The van der Waals surface area contributed by atoms with Crippen LogP contribution in [0.1, 0.15) is 10.4 Å². The van der Waals surface area contributed by atoms with Crippen LogP contribution in [0, 0.1) is 0 Å². The standard InChI is InChI=1S/C9H13N3O2/c1-12(2)11-9(14)7-5-6(13)3-4-8(7)10/h3-5,13H,10H2,1-2H3,(H,11,14). The number of amides is 1. The van der Waals surface area contributed by atoms with Gasteiger partial charge in [0, 0.05) is 19.8 Å². The van der Waals surface area contributed by atoms with Crippen LogP contribution in [0.5, 0.6) is 5.75 Å². The van der Waals surface area contributed by atoms with Crippen LogP contribution in [0.4, 0.5) is 5.69 Å². The molecule has 4 N–H and O–H groups in total. The molecule has 0 aliphatic carbocycles. The third-order valence-electron chi connectivity index (χ3n) is 1.61. The highest BCUT2D eigenvalue weighted by Gasteiger charge is 2.10. The molecule has 5 nitrogen and oxygen atoms in total. The Balaban J connectivity index is 2.94. The molecule has 0 aliphatic heterocycles. The van der Waals surface area contributed by atoms with Gasteiger partial charge >= 0.3 is 0 Å². The van der Waals surface area contributed by atoms with Gasteiger partial charge in [-0.25, -0.2) is 5.01 Å². The number of nitrogens with zero attached hydrogens (tertiary/aromatic N) is 1. The summed E-state index contributed by atoms with van der Waals surface area (Å²) in [5.41, 5.74) is 8.70. The zero-order chi connectivity index (χ0) is 10.7. The van der Waals surface area contributed by atoms with Crippen molar-refractivity contribution >= 4 is 11.6 Å². The van der Waals surface area contributed by atoms with Gasteiger partial charge in [0.1, 0.15) is 5.75 Å². The summed E-state index contributed by atoms with van der Waals surface area (Å²) in [6, 6.07) is 4.25. The third-order valence-corrected chi connectivity index (χ3v) is 1.61. The van der Waals surface area contributed by atoms with E-state index in [0.29, 0.717) is 5.69 Å². The number of anilines is 1. The van der Waals surface area contributed by atoms with E-state index in [1.165, 1.54) is 23.2 Å². The summed E-state index contributed by atoms with van der Waals surface area (Å²) in [5, 5.41) is 10.7. The molecule has 0 fully saturated rings. The first-order valence-electron chi connectivity index (χ1n) is 4.07. The maximum absolute atomic E-state index is 11.5. The molecule has 0 radical (unpaired) electrons. The normalized spacial score (nSPS) is 10.2. The number of hydrogen-bond donors (Lipinski definition) is 3. The van der Waals surface area contributed by atoms with Crippen LogP contribution in [0.3, 0.4) is 0 Å². The first kappa shape index (κ1) is 10.3. The van der Waals surface area contributed by atoms with E-state index in [9.17, 15) is 9.90 Å². The summed E-state index contributed by atoms with van der Waals surface area (Å²) in [6.45, 7) is 0. The van der Waals surface area contributed by atoms with E-state index in [0.717, 1.165) is 0 Å². The molecule has 0 heterocycles. The van der Waals surface area contributed by atoms with Crippen LogP contribution in [0.15, 0.2) is 18.2 Å². The van der Waals surface area contributed by atoms with Gasteiger partial charge in [-0.2, -0.15) is 0 Å². The molecule has 1 amide bonds. The molecule has 0 atom stereocenters. The number of hydrogen-bond acceptors (Lipinski definition) is 4. The largest absolute Gasteiger partial charge is 0.508 e. The van der Waals surface area contributed by atoms with E-state index >= 15 is 0 Å². The van der Waals surface area contributed by atoms with Crippen molar-refractivity contribution in [2.45, 2.75) is 0 Å². The number of phenols is 1. The van der Waals surface area contributed by atoms with Gasteiger partial charge in [-0.15, -0.1) is 0 Å². The van der Waals surface area contributed by atoms with Gasteiger partial charge in [-0.3, -0.25) is 10.2 Å². The molecule has 0 aromatic heterocycles. The highest BCUT2D eigenvalue weighted by molar-refractivity contribution is 5.99. The molecule has 0 unspecified atom stereocenters. The summed E-state index contributed by atoms with van der Waals surface area (Å²) in [5.74, 6) is -0.327. The topological polar surface area (TPSA) is 78.6 Å². The maximum Gasteiger partial charge on any atom is 0.267 e. The first-order chi connectivity index (χ1) is 6.50. The lowest BCUT2D eigenvalue weighted by Crippen LogP contribution is -2.36. The summed E-state index contributed by atoms with van der Waals surface area (Å²) >= 11 is 0. The maximum atomic E-state index is 11.5. The van der Waals surface area contributed by atoms with Crippen molar-refractivity contribution in [3.63, 3.8) is 0 Å². The molecule has 1 aromatic carbocycles. The van der Waals surface area contributed by atoms with Crippen molar-refractivity contribution < 1.29 is 9.90 Å². The molecule has 1 rings (SSSR count). The van der Waals surface area contributed by atoms with Crippen molar-refractivity contribution in [2.75, 3.05) is 19.8 Å². The van der Waals surface area contributed by atoms with Gasteiger partial charge in [0.25, 0.3) is 5.91 Å². The fourth-order valence-electron chi connectivity index (χ4n) is 1.00. The van der Waals surface area contributed by atoms with Gasteiger partial charge in [0.05, 0.1) is 5.56 Å². The number of rotatable bonds is 2. The Labute approximate surface area is 82.1 Å². The lowest BCUT2D eigenvalue weighted by molar-refractivity contribution is 0.0857. The van der Waals surface area contributed by atoms with Gasteiger partial charge in [-0.1, -0.05) is 0 Å². The van der Waals surface area contributed by atoms with E-state index in [-0.39, 0.29) is 17.2 Å². The molecular formula is C9H13N3O2. The second-order valence-electron chi connectivity index (χ2n) is 3.11. The Hall–Kier alpha value is -1.75. The van der Waals surface area contributed by atoms with Crippen molar-refractivity contribution in [3.05, 3.63) is 23.8 Å². The number of nitrogen functional groups attached to an aromatic ring is 1. The molecule has 14 heavy (non-hydrogen) atoms. The summed E-state index contributed by atoms with van der Waals surface area (Å²) in [4.78, 5) is 11.5. The van der Waals surface area contributed by atoms with Crippen molar-refractivity contribution in [1.82, 2.24) is 10.4 Å². The Morgan fingerprint density at radius 2 is 2.14 bits per heavy atom. The molecule has 0 aliphatic rings. The number of nitrogens with one attached hydrogen (secondary N) is 1. The fourth-order valence-corrected chi connectivity index (χ4v) is 1.00. The quantitative estimate of drug-likeness (QED) is 0.357. The molecule has 76 valence electrons. The highest BCUT2D eigenvalue weighted by Crippen LogP contribution is 2.17. The van der Waals surface area contributed by atoms with Crippen LogP contribution in [-0.4, -0.2) is 30.1 Å². The minimum Gasteiger partial charge on any atom is -0.508 e. The predicted molar refractivity (Wildman–Crippen MR) is 53.7 cm³/mol. The van der Waals surface area contributed by atoms with E-state index in [2.05, 4.69) is 5.43 Å². The number of hydrazine groups is 1. The van der Waals surface area contributed by atoms with Crippen LogP contribution in [-0.2, 0) is 0 Å². The summed E-state index contributed by atoms with van der Waals surface area (Å²) < 4.78 is 0. The van der Waals surface area contributed by atoms with Crippen molar-refractivity contribution in [2.24, 2.45) is 0 Å². The molecule has 0 saturated carbocycles. The van der Waals surface area contributed by atoms with E-state index in [1.807, 2.05) is 0 Å². The van der Waals surface area contributed by atoms with Crippen LogP contribution in [0.2, 0.25) is 0 Å². The highest BCUT2D eigenvalue weighted by atomic mass is 16.3. The van der Waals surface area contributed by atoms with Crippen LogP contribution < -0.4 is 11.2 Å². The lowest BCUT2D eigenvalue weighted by Gasteiger charge is -2.12. The average Bonchev–Trinajstić information content (AvgIpc) is 2.08. The van der Waals surface area contributed by atoms with E-state index in [1.54, 1.807) is 14.1 Å². The van der Waals surface area contributed by atoms with Crippen LogP contribution >= 0.6 is 0 Å². The van der Waals surface area contributed by atoms with Gasteiger partial charge in [0.15, 0.2) is 0 Å². The third kappa shape index (κ3) is 2.37. The SMILES string of the molecule is CN(C)NC(=O)c1cc(O)ccc1N. The number of nitrogens with two attached hydrogens (primary N) is 1. The zero-order valence-corrected chi connectivity index (χ0v) is 8.11.